The van der Waals surface area contributed by atoms with E-state index in [-0.39, 0.29) is 11.2 Å². The van der Waals surface area contributed by atoms with E-state index in [0.717, 1.165) is 55.7 Å². The lowest BCUT2D eigenvalue weighted by Crippen LogP contribution is -2.16. The van der Waals surface area contributed by atoms with Gasteiger partial charge in [-0.25, -0.2) is 4.39 Å². The highest BCUT2D eigenvalue weighted by atomic mass is 32.1. The molecule has 0 amide bonds. The van der Waals surface area contributed by atoms with Gasteiger partial charge < -0.3 is 9.47 Å². The number of hydrogen-bond donors (Lipinski definition) is 0. The average molecular weight is 803 g/mol. The Hall–Kier alpha value is -7.27. The van der Waals surface area contributed by atoms with Crippen molar-refractivity contribution in [2.75, 3.05) is 4.90 Å². The van der Waals surface area contributed by atoms with E-state index >= 15 is 0 Å². The third-order valence-corrected chi connectivity index (χ3v) is 14.0. The highest BCUT2D eigenvalue weighted by Crippen LogP contribution is 2.51. The molecular weight excluding hydrogens is 764 g/mol. The van der Waals surface area contributed by atoms with Gasteiger partial charge in [-0.2, -0.15) is 0 Å². The lowest BCUT2D eigenvalue weighted by Gasteiger charge is -2.28. The first-order chi connectivity index (χ1) is 29.9. The number of halogens is 1. The van der Waals surface area contributed by atoms with E-state index in [2.05, 4.69) is 199 Å². The summed E-state index contributed by atoms with van der Waals surface area (Å²) in [4.78, 5) is 2.38. The van der Waals surface area contributed by atoms with Crippen molar-refractivity contribution in [3.63, 3.8) is 0 Å². The molecule has 0 spiro atoms. The van der Waals surface area contributed by atoms with Gasteiger partial charge in [-0.3, -0.25) is 0 Å². The van der Waals surface area contributed by atoms with Gasteiger partial charge in [0.2, 0.25) is 0 Å². The van der Waals surface area contributed by atoms with Gasteiger partial charge in [-0.15, -0.1) is 11.3 Å². The minimum atomic E-state index is -0.248. The fourth-order valence-corrected chi connectivity index (χ4v) is 11.1. The summed E-state index contributed by atoms with van der Waals surface area (Å²) >= 11 is 1.85. The number of benzene rings is 9. The van der Waals surface area contributed by atoms with Crippen LogP contribution in [0, 0.1) is 5.82 Å². The smallest absolute Gasteiger partial charge is 0.125 e. The van der Waals surface area contributed by atoms with Crippen LogP contribution in [0.5, 0.6) is 0 Å². The van der Waals surface area contributed by atoms with Gasteiger partial charge in [0, 0.05) is 59.0 Å². The number of rotatable bonds is 6. The van der Waals surface area contributed by atoms with Crippen LogP contribution in [0.4, 0.5) is 21.5 Å². The molecule has 290 valence electrons. The fourth-order valence-electron chi connectivity index (χ4n) is 9.99. The van der Waals surface area contributed by atoms with Crippen LogP contribution >= 0.6 is 11.3 Å². The van der Waals surface area contributed by atoms with E-state index in [1.54, 1.807) is 12.1 Å². The van der Waals surface area contributed by atoms with Crippen LogP contribution in [-0.4, -0.2) is 4.57 Å². The second-order valence-corrected chi connectivity index (χ2v) is 17.7. The zero-order chi connectivity index (χ0) is 40.8. The van der Waals surface area contributed by atoms with E-state index < -0.39 is 0 Å². The average Bonchev–Trinajstić information content (AvgIpc) is 3.92. The second kappa shape index (κ2) is 13.6. The molecule has 0 N–H and O–H groups in total. The van der Waals surface area contributed by atoms with Crippen LogP contribution in [0.3, 0.4) is 0 Å². The first kappa shape index (κ1) is 35.7. The Kier molecular flexibility index (Phi) is 7.97. The quantitative estimate of drug-likeness (QED) is 0.163. The van der Waals surface area contributed by atoms with Gasteiger partial charge in [-0.05, 0) is 118 Å². The third-order valence-electron chi connectivity index (χ3n) is 12.9. The number of anilines is 3. The predicted octanol–water partition coefficient (Wildman–Crippen LogP) is 16.4. The molecule has 61 heavy (non-hydrogen) atoms. The highest BCUT2D eigenvalue weighted by Gasteiger charge is 2.35. The van der Waals surface area contributed by atoms with Crippen molar-refractivity contribution in [3.05, 3.63) is 217 Å². The van der Waals surface area contributed by atoms with Gasteiger partial charge in [-0.1, -0.05) is 135 Å². The minimum absolute atomic E-state index is 0.136. The molecule has 1 aliphatic rings. The lowest BCUT2D eigenvalue weighted by molar-refractivity contribution is 0.629. The van der Waals surface area contributed by atoms with E-state index in [0.29, 0.717) is 0 Å². The summed E-state index contributed by atoms with van der Waals surface area (Å²) < 4.78 is 19.7. The molecule has 0 fully saturated rings. The Morgan fingerprint density at radius 3 is 1.84 bits per heavy atom. The van der Waals surface area contributed by atoms with Crippen LogP contribution in [-0.2, 0) is 5.41 Å². The maximum atomic E-state index is 14.9. The number of thiophene rings is 1. The van der Waals surface area contributed by atoms with Gasteiger partial charge in [0.25, 0.3) is 0 Å². The lowest BCUT2D eigenvalue weighted by atomic mass is 9.82. The number of aromatic nitrogens is 1. The molecule has 0 bridgehead atoms. The zero-order valence-corrected chi connectivity index (χ0v) is 34.5. The van der Waals surface area contributed by atoms with Gasteiger partial charge in [0.1, 0.15) is 5.82 Å². The molecule has 1 aliphatic carbocycles. The van der Waals surface area contributed by atoms with E-state index in [9.17, 15) is 4.39 Å². The van der Waals surface area contributed by atoms with Gasteiger partial charge >= 0.3 is 0 Å². The molecule has 2 aromatic heterocycles. The second-order valence-electron chi connectivity index (χ2n) is 16.6. The molecule has 0 saturated heterocycles. The molecule has 0 unspecified atom stereocenters. The molecule has 11 aromatic rings. The van der Waals surface area contributed by atoms with Crippen LogP contribution in [0.2, 0.25) is 0 Å². The fraction of sp³-hybridized carbons (Fsp3) is 0.0526. The van der Waals surface area contributed by atoms with E-state index in [1.807, 2.05) is 23.5 Å². The summed E-state index contributed by atoms with van der Waals surface area (Å²) in [5.41, 5.74) is 15.9. The predicted molar refractivity (Wildman–Crippen MR) is 257 cm³/mol. The van der Waals surface area contributed by atoms with E-state index in [1.165, 1.54) is 53.6 Å². The first-order valence-electron chi connectivity index (χ1n) is 20.9. The van der Waals surface area contributed by atoms with Gasteiger partial charge in [0.15, 0.2) is 0 Å². The Balaban J connectivity index is 0.990. The molecule has 9 aromatic carbocycles. The molecule has 2 heterocycles. The SMILES string of the molecule is CC1(C)c2ccccc2-c2ccc(N(c3ccc(-c4ccccc4-n4c5ccccc5c5ccc(F)cc54)cc3)c3ccc(-c4cccc5sc6ccccc6c45)cc3)cc21. The molecule has 12 rings (SSSR count). The maximum absolute atomic E-state index is 14.9. The molecule has 2 nitrogen and oxygen atoms in total. The van der Waals surface area contributed by atoms with Crippen molar-refractivity contribution in [2.24, 2.45) is 0 Å². The summed E-state index contributed by atoms with van der Waals surface area (Å²) in [5, 5.41) is 4.75. The van der Waals surface area contributed by atoms with E-state index in [4.69, 9.17) is 0 Å². The summed E-state index contributed by atoms with van der Waals surface area (Å²) in [6.07, 6.45) is 0. The Labute approximate surface area is 358 Å². The Bertz CT molecular complexity index is 3520. The standard InChI is InChI=1S/C57H39FN2S/c1-57(2)49-17-7-3-13-44(49)45-33-31-41(35-50(45)57)59(40-29-24-37(25-30-40)43-16-11-21-55-56(43)48-15-6-10-20-54(48)61-55)39-27-22-36(23-28-39)42-12-4-8-18-51(42)60-52-19-9-5-14-46(52)47-32-26-38(58)34-53(47)60/h3-35H,1-2H3. The number of nitrogens with zero attached hydrogens (tertiary/aromatic N) is 2. The van der Waals surface area contributed by atoms with Crippen molar-refractivity contribution in [1.29, 1.82) is 0 Å². The minimum Gasteiger partial charge on any atom is -0.310 e. The molecule has 0 aliphatic heterocycles. The molecule has 0 radical (unpaired) electrons. The molecular formula is C57H39FN2S. The van der Waals surface area contributed by atoms with Crippen molar-refractivity contribution >= 4 is 70.4 Å². The van der Waals surface area contributed by atoms with Crippen molar-refractivity contribution in [3.8, 4) is 39.1 Å². The first-order valence-corrected chi connectivity index (χ1v) is 21.7. The number of hydrogen-bond acceptors (Lipinski definition) is 2. The van der Waals surface area contributed by atoms with Crippen LogP contribution in [0.15, 0.2) is 200 Å². The van der Waals surface area contributed by atoms with Crippen LogP contribution in [0.1, 0.15) is 25.0 Å². The van der Waals surface area contributed by atoms with Crippen LogP contribution in [0.25, 0.3) is 81.0 Å². The maximum Gasteiger partial charge on any atom is 0.125 e. The topological polar surface area (TPSA) is 8.17 Å². The third kappa shape index (κ3) is 5.52. The molecule has 4 heteroatoms. The summed E-state index contributed by atoms with van der Waals surface area (Å²) in [7, 11) is 0. The van der Waals surface area contributed by atoms with Crippen molar-refractivity contribution in [1.82, 2.24) is 4.57 Å². The number of fused-ring (bicyclic) bond motifs is 9. The van der Waals surface area contributed by atoms with Crippen molar-refractivity contribution < 1.29 is 4.39 Å². The normalized spacial score (nSPS) is 13.0. The zero-order valence-electron chi connectivity index (χ0n) is 33.7. The summed E-state index contributed by atoms with van der Waals surface area (Å²) in [6.45, 7) is 4.68. The van der Waals surface area contributed by atoms with Crippen molar-refractivity contribution in [2.45, 2.75) is 19.3 Å². The highest BCUT2D eigenvalue weighted by molar-refractivity contribution is 7.25. The Morgan fingerprint density at radius 1 is 0.443 bits per heavy atom. The molecule has 0 atom stereocenters. The summed E-state index contributed by atoms with van der Waals surface area (Å²) in [5.74, 6) is -0.248. The molecule has 0 saturated carbocycles. The monoisotopic (exact) mass is 802 g/mol. The largest absolute Gasteiger partial charge is 0.310 e. The summed E-state index contributed by atoms with van der Waals surface area (Å²) in [6, 6.07) is 71.0. The van der Waals surface area contributed by atoms with Gasteiger partial charge in [0.05, 0.1) is 16.7 Å². The van der Waals surface area contributed by atoms with Crippen LogP contribution < -0.4 is 4.90 Å². The number of para-hydroxylation sites is 2. The Morgan fingerprint density at radius 2 is 1.03 bits per heavy atom.